The van der Waals surface area contributed by atoms with Gasteiger partial charge in [-0.1, -0.05) is 18.2 Å². The zero-order valence-electron chi connectivity index (χ0n) is 8.62. The van der Waals surface area contributed by atoms with Crippen molar-refractivity contribution in [2.45, 2.75) is 6.61 Å². The Bertz CT molecular complexity index is 367. The highest BCUT2D eigenvalue weighted by atomic mass is 35.5. The zero-order chi connectivity index (χ0) is 12.0. The van der Waals surface area contributed by atoms with E-state index in [1.165, 1.54) is 13.2 Å². The molecule has 2 nitrogen and oxygen atoms in total. The van der Waals surface area contributed by atoms with Gasteiger partial charge < -0.3 is 9.47 Å². The summed E-state index contributed by atoms with van der Waals surface area (Å²) in [6.45, 7) is -2.87. The van der Waals surface area contributed by atoms with E-state index in [9.17, 15) is 8.78 Å². The molecule has 0 aliphatic rings. The Morgan fingerprint density at radius 1 is 1.38 bits per heavy atom. The lowest BCUT2D eigenvalue weighted by atomic mass is 10.2. The molecule has 0 N–H and O–H groups in total. The second-order valence-corrected chi connectivity index (χ2v) is 3.15. The van der Waals surface area contributed by atoms with Gasteiger partial charge in [-0.2, -0.15) is 8.78 Å². The van der Waals surface area contributed by atoms with Crippen molar-refractivity contribution in [3.63, 3.8) is 0 Å². The average molecular weight is 249 g/mol. The summed E-state index contributed by atoms with van der Waals surface area (Å²) in [4.78, 5) is 0. The summed E-state index contributed by atoms with van der Waals surface area (Å²) in [5, 5.41) is 0. The molecule has 0 amide bonds. The lowest BCUT2D eigenvalue weighted by molar-refractivity contribution is -0.0512. The topological polar surface area (TPSA) is 18.5 Å². The number of hydrogen-bond acceptors (Lipinski definition) is 2. The number of halogens is 3. The first kappa shape index (κ1) is 12.8. The molecule has 88 valence electrons. The van der Waals surface area contributed by atoms with Gasteiger partial charge in [0, 0.05) is 5.88 Å². The van der Waals surface area contributed by atoms with Crippen LogP contribution in [-0.2, 0) is 0 Å². The molecular formula is C11H11ClF2O2. The van der Waals surface area contributed by atoms with Crippen molar-refractivity contribution in [2.24, 2.45) is 0 Å². The molecule has 0 spiro atoms. The Kier molecular flexibility index (Phi) is 5.05. The summed E-state index contributed by atoms with van der Waals surface area (Å²) in [6, 6.07) is 4.75. The van der Waals surface area contributed by atoms with Gasteiger partial charge >= 0.3 is 6.61 Å². The Labute approximate surface area is 97.4 Å². The molecule has 1 aromatic rings. The molecule has 5 heteroatoms. The summed E-state index contributed by atoms with van der Waals surface area (Å²) in [6.07, 6.45) is 3.42. The van der Waals surface area contributed by atoms with E-state index in [1.807, 2.05) is 0 Å². The standard InChI is InChI=1S/C11H11ClF2O2/c1-15-9-5-4-8(3-2-6-12)7-10(9)16-11(13)14/h2-5,7,11H,6H2,1H3. The second kappa shape index (κ2) is 6.33. The maximum absolute atomic E-state index is 12.1. The first-order chi connectivity index (χ1) is 7.67. The Hall–Kier alpha value is -1.29. The van der Waals surface area contributed by atoms with Crippen LogP contribution in [0.25, 0.3) is 6.08 Å². The molecule has 0 unspecified atom stereocenters. The van der Waals surface area contributed by atoms with Crippen LogP contribution < -0.4 is 9.47 Å². The lowest BCUT2D eigenvalue weighted by Gasteiger charge is -2.10. The maximum Gasteiger partial charge on any atom is 0.387 e. The van der Waals surface area contributed by atoms with Crippen molar-refractivity contribution < 1.29 is 18.3 Å². The van der Waals surface area contributed by atoms with E-state index in [4.69, 9.17) is 16.3 Å². The van der Waals surface area contributed by atoms with Crippen molar-refractivity contribution in [1.82, 2.24) is 0 Å². The van der Waals surface area contributed by atoms with Crippen LogP contribution in [0.3, 0.4) is 0 Å². The average Bonchev–Trinajstić information content (AvgIpc) is 2.26. The Morgan fingerprint density at radius 3 is 2.69 bits per heavy atom. The summed E-state index contributed by atoms with van der Waals surface area (Å²) >= 11 is 5.47. The molecule has 0 saturated heterocycles. The van der Waals surface area contributed by atoms with Gasteiger partial charge in [-0.3, -0.25) is 0 Å². The predicted octanol–water partition coefficient (Wildman–Crippen LogP) is 3.55. The highest BCUT2D eigenvalue weighted by Crippen LogP contribution is 2.29. The molecule has 0 heterocycles. The third-order valence-electron chi connectivity index (χ3n) is 1.80. The van der Waals surface area contributed by atoms with Gasteiger partial charge in [0.2, 0.25) is 0 Å². The van der Waals surface area contributed by atoms with E-state index >= 15 is 0 Å². The first-order valence-electron chi connectivity index (χ1n) is 4.52. The number of ether oxygens (including phenoxy) is 2. The highest BCUT2D eigenvalue weighted by molar-refractivity contribution is 6.19. The third-order valence-corrected chi connectivity index (χ3v) is 1.98. The number of allylic oxidation sites excluding steroid dienone is 1. The van der Waals surface area contributed by atoms with Crippen LogP contribution in [0.4, 0.5) is 8.78 Å². The van der Waals surface area contributed by atoms with Crippen molar-refractivity contribution >= 4 is 17.7 Å². The smallest absolute Gasteiger partial charge is 0.387 e. The highest BCUT2D eigenvalue weighted by Gasteiger charge is 2.10. The van der Waals surface area contributed by atoms with E-state index in [0.29, 0.717) is 5.88 Å². The van der Waals surface area contributed by atoms with Gasteiger partial charge in [0.15, 0.2) is 11.5 Å². The molecule has 0 fully saturated rings. The molecule has 1 rings (SSSR count). The van der Waals surface area contributed by atoms with Crippen LogP contribution in [0.2, 0.25) is 0 Å². The Balaban J connectivity index is 2.96. The molecule has 0 aromatic heterocycles. The lowest BCUT2D eigenvalue weighted by Crippen LogP contribution is -2.03. The van der Waals surface area contributed by atoms with Gasteiger partial charge in [0.1, 0.15) is 0 Å². The quantitative estimate of drug-likeness (QED) is 0.742. The molecule has 0 radical (unpaired) electrons. The van der Waals surface area contributed by atoms with Crippen molar-refractivity contribution in [3.8, 4) is 11.5 Å². The number of hydrogen-bond donors (Lipinski definition) is 0. The summed E-state index contributed by atoms with van der Waals surface area (Å²) < 4.78 is 33.4. The fourth-order valence-corrected chi connectivity index (χ4v) is 1.25. The van der Waals surface area contributed by atoms with Crippen LogP contribution in [0.5, 0.6) is 11.5 Å². The van der Waals surface area contributed by atoms with E-state index in [2.05, 4.69) is 4.74 Å². The number of rotatable bonds is 5. The largest absolute Gasteiger partial charge is 0.493 e. The fraction of sp³-hybridized carbons (Fsp3) is 0.273. The minimum Gasteiger partial charge on any atom is -0.493 e. The Morgan fingerprint density at radius 2 is 2.12 bits per heavy atom. The van der Waals surface area contributed by atoms with E-state index in [-0.39, 0.29) is 11.5 Å². The normalized spacial score (nSPS) is 11.1. The summed E-state index contributed by atoms with van der Waals surface area (Å²) in [7, 11) is 1.39. The first-order valence-corrected chi connectivity index (χ1v) is 5.06. The monoisotopic (exact) mass is 248 g/mol. The van der Waals surface area contributed by atoms with Gasteiger partial charge in [0.25, 0.3) is 0 Å². The molecule has 16 heavy (non-hydrogen) atoms. The molecule has 0 saturated carbocycles. The second-order valence-electron chi connectivity index (χ2n) is 2.85. The van der Waals surface area contributed by atoms with Crippen molar-refractivity contribution in [2.75, 3.05) is 13.0 Å². The van der Waals surface area contributed by atoms with Crippen LogP contribution in [0.1, 0.15) is 5.56 Å². The summed E-state index contributed by atoms with van der Waals surface area (Å²) in [5.74, 6) is 0.634. The minimum atomic E-state index is -2.87. The predicted molar refractivity (Wildman–Crippen MR) is 59.4 cm³/mol. The minimum absolute atomic E-state index is 0.00854. The maximum atomic E-state index is 12.1. The number of alkyl halides is 3. The van der Waals surface area contributed by atoms with Gasteiger partial charge in [0.05, 0.1) is 7.11 Å². The van der Waals surface area contributed by atoms with Crippen LogP contribution in [-0.4, -0.2) is 19.6 Å². The number of benzene rings is 1. The van der Waals surface area contributed by atoms with E-state index in [0.717, 1.165) is 5.56 Å². The van der Waals surface area contributed by atoms with Crippen LogP contribution >= 0.6 is 11.6 Å². The zero-order valence-corrected chi connectivity index (χ0v) is 9.38. The molecule has 1 aromatic carbocycles. The van der Waals surface area contributed by atoms with Gasteiger partial charge in [-0.25, -0.2) is 0 Å². The van der Waals surface area contributed by atoms with Crippen molar-refractivity contribution in [3.05, 3.63) is 29.8 Å². The van der Waals surface area contributed by atoms with Gasteiger partial charge in [-0.15, -0.1) is 11.6 Å². The van der Waals surface area contributed by atoms with E-state index in [1.54, 1.807) is 24.3 Å². The van der Waals surface area contributed by atoms with Crippen molar-refractivity contribution in [1.29, 1.82) is 0 Å². The van der Waals surface area contributed by atoms with Crippen LogP contribution in [0.15, 0.2) is 24.3 Å². The molecule has 0 aliphatic carbocycles. The molecule has 0 atom stereocenters. The molecule has 0 bridgehead atoms. The molecule has 0 aliphatic heterocycles. The number of methoxy groups -OCH3 is 1. The van der Waals surface area contributed by atoms with Gasteiger partial charge in [-0.05, 0) is 17.7 Å². The third kappa shape index (κ3) is 3.70. The molecular weight excluding hydrogens is 238 g/mol. The fourth-order valence-electron chi connectivity index (χ4n) is 1.17. The summed E-state index contributed by atoms with van der Waals surface area (Å²) in [5.41, 5.74) is 0.720. The van der Waals surface area contributed by atoms with Crippen LogP contribution in [0, 0.1) is 0 Å². The van der Waals surface area contributed by atoms with E-state index < -0.39 is 6.61 Å². The SMILES string of the molecule is COc1ccc(C=CCCl)cc1OC(F)F.